The number of anilines is 1. The Balaban J connectivity index is 1.70. The molecule has 0 bridgehead atoms. The number of nitrogens with zero attached hydrogens (tertiary/aromatic N) is 1. The van der Waals surface area contributed by atoms with Crippen molar-refractivity contribution in [3.63, 3.8) is 0 Å². The van der Waals surface area contributed by atoms with Crippen LogP contribution in [0.25, 0.3) is 11.1 Å². The first-order chi connectivity index (χ1) is 10.2. The van der Waals surface area contributed by atoms with Crippen LogP contribution in [0.1, 0.15) is 50.8 Å². The number of nitrogens with two attached hydrogens (primary N) is 1. The van der Waals surface area contributed by atoms with Gasteiger partial charge in [-0.25, -0.2) is 4.98 Å². The van der Waals surface area contributed by atoms with Gasteiger partial charge >= 0.3 is 0 Å². The van der Waals surface area contributed by atoms with Crippen molar-refractivity contribution >= 4 is 22.7 Å². The Morgan fingerprint density at radius 2 is 2.33 bits per heavy atom. The summed E-state index contributed by atoms with van der Waals surface area (Å²) in [5.74, 6) is 1.15. The summed E-state index contributed by atoms with van der Waals surface area (Å²) in [6, 6.07) is 5.06. The molecule has 0 aliphatic heterocycles. The van der Waals surface area contributed by atoms with Gasteiger partial charge in [0.15, 0.2) is 11.5 Å². The van der Waals surface area contributed by atoms with Crippen LogP contribution in [0.5, 0.6) is 0 Å². The van der Waals surface area contributed by atoms with E-state index in [9.17, 15) is 4.79 Å². The van der Waals surface area contributed by atoms with Crippen molar-refractivity contribution in [2.45, 2.75) is 51.0 Å². The molecule has 1 aliphatic rings. The van der Waals surface area contributed by atoms with Crippen LogP contribution < -0.4 is 11.1 Å². The van der Waals surface area contributed by atoms with E-state index in [4.69, 9.17) is 10.2 Å². The van der Waals surface area contributed by atoms with E-state index in [1.807, 2.05) is 18.2 Å². The number of nitrogens with one attached hydrogen (secondary N) is 1. The van der Waals surface area contributed by atoms with Crippen LogP contribution in [-0.4, -0.2) is 16.9 Å². The molecule has 1 aromatic heterocycles. The van der Waals surface area contributed by atoms with E-state index in [0.717, 1.165) is 48.4 Å². The van der Waals surface area contributed by atoms with Crippen molar-refractivity contribution < 1.29 is 9.21 Å². The molecule has 2 aromatic rings. The van der Waals surface area contributed by atoms with Crippen LogP contribution in [0.3, 0.4) is 0 Å². The predicted octanol–water partition coefficient (Wildman–Crippen LogP) is 3.16. The maximum atomic E-state index is 12.0. The molecule has 5 nitrogen and oxygen atoms in total. The van der Waals surface area contributed by atoms with Gasteiger partial charge in [0.1, 0.15) is 5.52 Å². The first kappa shape index (κ1) is 14.1. The Kier molecular flexibility index (Phi) is 3.92. The molecule has 5 heteroatoms. The summed E-state index contributed by atoms with van der Waals surface area (Å²) >= 11 is 0. The van der Waals surface area contributed by atoms with E-state index < -0.39 is 6.04 Å². The largest absolute Gasteiger partial charge is 0.440 e. The van der Waals surface area contributed by atoms with Crippen molar-refractivity contribution in [2.75, 3.05) is 5.32 Å². The summed E-state index contributed by atoms with van der Waals surface area (Å²) in [4.78, 5) is 16.5. The number of oxazole rings is 1. The molecule has 1 saturated carbocycles. The Bertz CT molecular complexity index is 646. The molecule has 0 saturated heterocycles. The van der Waals surface area contributed by atoms with Gasteiger partial charge in [0.05, 0.1) is 6.04 Å². The van der Waals surface area contributed by atoms with Gasteiger partial charge in [-0.3, -0.25) is 4.79 Å². The highest BCUT2D eigenvalue weighted by Crippen LogP contribution is 2.40. The first-order valence-corrected chi connectivity index (χ1v) is 7.64. The molecule has 21 heavy (non-hydrogen) atoms. The van der Waals surface area contributed by atoms with Gasteiger partial charge in [-0.05, 0) is 37.5 Å². The van der Waals surface area contributed by atoms with Crippen LogP contribution in [0, 0.1) is 0 Å². The SMILES string of the molecule is CCCCC(N)C(=O)Nc1ccc2oc(C3CC3)nc2c1. The molecule has 0 radical (unpaired) electrons. The molecular weight excluding hydrogens is 266 g/mol. The van der Waals surface area contributed by atoms with E-state index in [2.05, 4.69) is 17.2 Å². The number of aromatic nitrogens is 1. The van der Waals surface area contributed by atoms with E-state index in [1.165, 1.54) is 0 Å². The number of carbonyl (C=O) groups excluding carboxylic acids is 1. The number of carbonyl (C=O) groups is 1. The van der Waals surface area contributed by atoms with Crippen molar-refractivity contribution in [1.82, 2.24) is 4.98 Å². The topological polar surface area (TPSA) is 81.2 Å². The predicted molar refractivity (Wildman–Crippen MR) is 82.1 cm³/mol. The number of rotatable bonds is 6. The molecule has 112 valence electrons. The smallest absolute Gasteiger partial charge is 0.241 e. The fraction of sp³-hybridized carbons (Fsp3) is 0.500. The first-order valence-electron chi connectivity index (χ1n) is 7.64. The average molecular weight is 287 g/mol. The lowest BCUT2D eigenvalue weighted by atomic mass is 10.1. The fourth-order valence-electron chi connectivity index (χ4n) is 2.32. The highest BCUT2D eigenvalue weighted by atomic mass is 16.3. The summed E-state index contributed by atoms with van der Waals surface area (Å²) < 4.78 is 5.70. The molecule has 1 aromatic carbocycles. The summed E-state index contributed by atoms with van der Waals surface area (Å²) in [6.45, 7) is 2.08. The minimum atomic E-state index is -0.458. The molecule has 1 atom stereocenters. The van der Waals surface area contributed by atoms with E-state index in [-0.39, 0.29) is 5.91 Å². The minimum absolute atomic E-state index is 0.145. The Morgan fingerprint density at radius 1 is 1.52 bits per heavy atom. The van der Waals surface area contributed by atoms with Gasteiger partial charge < -0.3 is 15.5 Å². The number of fused-ring (bicyclic) bond motifs is 1. The van der Waals surface area contributed by atoms with Gasteiger partial charge in [0, 0.05) is 11.6 Å². The van der Waals surface area contributed by atoms with Gasteiger partial charge in [-0.1, -0.05) is 19.8 Å². The standard InChI is InChI=1S/C16H21N3O2/c1-2-3-4-12(17)15(20)18-11-7-8-14-13(9-11)19-16(21-14)10-5-6-10/h7-10,12H,2-6,17H2,1H3,(H,18,20). The van der Waals surface area contributed by atoms with Crippen molar-refractivity contribution in [3.05, 3.63) is 24.1 Å². The second-order valence-corrected chi connectivity index (χ2v) is 5.75. The molecule has 1 aliphatic carbocycles. The average Bonchev–Trinajstić information content (AvgIpc) is 3.24. The van der Waals surface area contributed by atoms with Crippen LogP contribution >= 0.6 is 0 Å². The lowest BCUT2D eigenvalue weighted by molar-refractivity contribution is -0.117. The summed E-state index contributed by atoms with van der Waals surface area (Å²) in [6.07, 6.45) is 5.02. The molecule has 0 spiro atoms. The minimum Gasteiger partial charge on any atom is -0.440 e. The van der Waals surface area contributed by atoms with Crippen LogP contribution in [0.4, 0.5) is 5.69 Å². The Morgan fingerprint density at radius 3 is 3.05 bits per heavy atom. The van der Waals surface area contributed by atoms with Gasteiger partial charge in [-0.2, -0.15) is 0 Å². The second kappa shape index (κ2) is 5.85. The number of amides is 1. The summed E-state index contributed by atoms with van der Waals surface area (Å²) in [5, 5.41) is 2.85. The number of unbranched alkanes of at least 4 members (excludes halogenated alkanes) is 1. The normalized spacial score (nSPS) is 16.1. The van der Waals surface area contributed by atoms with Gasteiger partial charge in [0.25, 0.3) is 0 Å². The molecule has 1 amide bonds. The summed E-state index contributed by atoms with van der Waals surface area (Å²) in [7, 11) is 0. The fourth-order valence-corrected chi connectivity index (χ4v) is 2.32. The van der Waals surface area contributed by atoms with E-state index in [0.29, 0.717) is 12.3 Å². The zero-order valence-electron chi connectivity index (χ0n) is 12.3. The molecule has 3 N–H and O–H groups in total. The lowest BCUT2D eigenvalue weighted by Crippen LogP contribution is -2.35. The zero-order valence-corrected chi connectivity index (χ0v) is 12.3. The molecular formula is C16H21N3O2. The third-order valence-corrected chi connectivity index (χ3v) is 3.80. The van der Waals surface area contributed by atoms with Gasteiger partial charge in [-0.15, -0.1) is 0 Å². The van der Waals surface area contributed by atoms with Crippen LogP contribution in [0.15, 0.2) is 22.6 Å². The third-order valence-electron chi connectivity index (χ3n) is 3.80. The quantitative estimate of drug-likeness (QED) is 0.855. The molecule has 1 fully saturated rings. The van der Waals surface area contributed by atoms with Crippen molar-refractivity contribution in [1.29, 1.82) is 0 Å². The van der Waals surface area contributed by atoms with Crippen molar-refractivity contribution in [3.8, 4) is 0 Å². The maximum Gasteiger partial charge on any atom is 0.241 e. The number of hydrogen-bond acceptors (Lipinski definition) is 4. The molecule has 1 unspecified atom stereocenters. The highest BCUT2D eigenvalue weighted by Gasteiger charge is 2.28. The monoisotopic (exact) mass is 287 g/mol. The maximum absolute atomic E-state index is 12.0. The third kappa shape index (κ3) is 3.24. The van der Waals surface area contributed by atoms with Crippen molar-refractivity contribution in [2.24, 2.45) is 5.73 Å². The zero-order chi connectivity index (χ0) is 14.8. The Labute approximate surface area is 123 Å². The van der Waals surface area contributed by atoms with Crippen LogP contribution in [0.2, 0.25) is 0 Å². The summed E-state index contributed by atoms with van der Waals surface area (Å²) in [5.41, 5.74) is 8.14. The Hall–Kier alpha value is -1.88. The van der Waals surface area contributed by atoms with E-state index in [1.54, 1.807) is 0 Å². The van der Waals surface area contributed by atoms with E-state index >= 15 is 0 Å². The van der Waals surface area contributed by atoms with Crippen LogP contribution in [-0.2, 0) is 4.79 Å². The second-order valence-electron chi connectivity index (χ2n) is 5.75. The van der Waals surface area contributed by atoms with Gasteiger partial charge in [0.2, 0.25) is 5.91 Å². The molecule has 3 rings (SSSR count). The number of benzene rings is 1. The molecule has 1 heterocycles. The lowest BCUT2D eigenvalue weighted by Gasteiger charge is -2.11. The highest BCUT2D eigenvalue weighted by molar-refractivity contribution is 5.96. The number of hydrogen-bond donors (Lipinski definition) is 2.